The highest BCUT2D eigenvalue weighted by molar-refractivity contribution is 6.31. The summed E-state index contributed by atoms with van der Waals surface area (Å²) in [6, 6.07) is 2.20. The number of hydrogen-bond donors (Lipinski definition) is 0. The lowest BCUT2D eigenvalue weighted by atomic mass is 10.0. The zero-order valence-corrected chi connectivity index (χ0v) is 10.2. The van der Waals surface area contributed by atoms with Crippen LogP contribution in [0.5, 0.6) is 0 Å². The maximum atomic E-state index is 5.62. The van der Waals surface area contributed by atoms with Crippen molar-refractivity contribution in [3.63, 3.8) is 0 Å². The molecule has 1 nitrogen and oxygen atoms in total. The van der Waals surface area contributed by atoms with Gasteiger partial charge in [0.2, 0.25) is 0 Å². The molecule has 0 saturated carbocycles. The normalized spacial score (nSPS) is 14.2. The van der Waals surface area contributed by atoms with Crippen molar-refractivity contribution in [2.24, 2.45) is 5.92 Å². The molecule has 73 valence electrons. The fraction of sp³-hybridized carbons (Fsp3) is 0.900. The molecule has 1 atom stereocenters. The summed E-state index contributed by atoms with van der Waals surface area (Å²) >= 11 is 0. The monoisotopic (exact) mass is 187 g/mol. The quantitative estimate of drug-likeness (QED) is 0.419. The average Bonchev–Trinajstić information content (AvgIpc) is 2.11. The summed E-state index contributed by atoms with van der Waals surface area (Å²) in [7, 11) is -0.279. The molecule has 0 saturated heterocycles. The Balaban J connectivity index is 3.26. The molecule has 0 rings (SSSR count). The summed E-state index contributed by atoms with van der Waals surface area (Å²) in [6.07, 6.45) is 5.30. The van der Waals surface area contributed by atoms with Crippen LogP contribution in [0.25, 0.3) is 0 Å². The Hall–Kier alpha value is 0.177. The Morgan fingerprint density at radius 3 is 2.67 bits per heavy atom. The Kier molecular flexibility index (Phi) is 9.40. The fourth-order valence-electron chi connectivity index (χ4n) is 1.25. The van der Waals surface area contributed by atoms with Gasteiger partial charge in [-0.05, 0) is 18.4 Å². The molecule has 0 fully saturated rings. The zero-order chi connectivity index (χ0) is 9.23. The number of hydrogen-bond acceptors (Lipinski definition) is 1. The molecule has 0 aromatic rings. The van der Waals surface area contributed by atoms with Crippen LogP contribution in [0.4, 0.5) is 0 Å². The van der Waals surface area contributed by atoms with Crippen molar-refractivity contribution >= 4 is 9.76 Å². The molecule has 2 heteroatoms. The molecule has 0 bridgehead atoms. The predicted octanol–water partition coefficient (Wildman–Crippen LogP) is 2.48. The van der Waals surface area contributed by atoms with E-state index in [1.807, 2.05) is 0 Å². The Morgan fingerprint density at radius 1 is 1.42 bits per heavy atom. The highest BCUT2D eigenvalue weighted by atomic mass is 28.2. The molecule has 0 aromatic carbocycles. The standard InChI is InChI=1S/C10H23OSi/c1-4-7-8-10(5-2)9-11-12-6-3/h6,10H,4-5,7-9,12H2,1-3H3. The zero-order valence-electron chi connectivity index (χ0n) is 8.81. The van der Waals surface area contributed by atoms with Gasteiger partial charge in [-0.3, -0.25) is 0 Å². The average molecular weight is 187 g/mol. The van der Waals surface area contributed by atoms with Crippen molar-refractivity contribution in [3.05, 3.63) is 6.04 Å². The second-order valence-electron chi connectivity index (χ2n) is 3.36. The van der Waals surface area contributed by atoms with E-state index in [-0.39, 0.29) is 9.76 Å². The van der Waals surface area contributed by atoms with Gasteiger partial charge in [-0.15, -0.1) is 0 Å². The molecular formula is C10H23OSi. The number of rotatable bonds is 8. The van der Waals surface area contributed by atoms with E-state index < -0.39 is 0 Å². The molecule has 1 radical (unpaired) electrons. The molecule has 0 aliphatic heterocycles. The third-order valence-electron chi connectivity index (χ3n) is 2.18. The summed E-state index contributed by atoms with van der Waals surface area (Å²) in [6.45, 7) is 7.62. The van der Waals surface area contributed by atoms with Crippen LogP contribution in [0.15, 0.2) is 0 Å². The molecule has 0 aromatic heterocycles. The highest BCUT2D eigenvalue weighted by Gasteiger charge is 2.04. The van der Waals surface area contributed by atoms with Gasteiger partial charge in [0.1, 0.15) is 0 Å². The minimum atomic E-state index is -0.279. The topological polar surface area (TPSA) is 9.23 Å². The Labute approximate surface area is 79.8 Å². The molecule has 0 heterocycles. The minimum Gasteiger partial charge on any atom is -0.423 e. The van der Waals surface area contributed by atoms with Gasteiger partial charge in [0.25, 0.3) is 0 Å². The first-order valence-electron chi connectivity index (χ1n) is 5.20. The van der Waals surface area contributed by atoms with E-state index in [1.54, 1.807) is 0 Å². The second-order valence-corrected chi connectivity index (χ2v) is 4.92. The van der Waals surface area contributed by atoms with Crippen LogP contribution in [-0.4, -0.2) is 16.4 Å². The first-order valence-corrected chi connectivity index (χ1v) is 6.60. The molecule has 1 unspecified atom stereocenters. The Bertz CT molecular complexity index is 85.9. The lowest BCUT2D eigenvalue weighted by Gasteiger charge is -2.14. The van der Waals surface area contributed by atoms with E-state index in [9.17, 15) is 0 Å². The van der Waals surface area contributed by atoms with Gasteiger partial charge >= 0.3 is 0 Å². The van der Waals surface area contributed by atoms with Gasteiger partial charge in [0.05, 0.1) is 0 Å². The molecular weight excluding hydrogens is 164 g/mol. The summed E-state index contributed by atoms with van der Waals surface area (Å²) in [4.78, 5) is 0. The van der Waals surface area contributed by atoms with E-state index in [0.717, 1.165) is 12.5 Å². The molecule has 0 aliphatic rings. The first-order chi connectivity index (χ1) is 5.85. The van der Waals surface area contributed by atoms with Crippen LogP contribution in [0.2, 0.25) is 0 Å². The van der Waals surface area contributed by atoms with E-state index in [4.69, 9.17) is 4.43 Å². The fourth-order valence-corrected chi connectivity index (χ4v) is 1.96. The minimum absolute atomic E-state index is 0.279. The van der Waals surface area contributed by atoms with Crippen LogP contribution in [0.1, 0.15) is 46.5 Å². The largest absolute Gasteiger partial charge is 0.423 e. The van der Waals surface area contributed by atoms with Crippen LogP contribution < -0.4 is 0 Å². The molecule has 0 aliphatic carbocycles. The van der Waals surface area contributed by atoms with Gasteiger partial charge in [0.15, 0.2) is 9.76 Å². The maximum Gasteiger partial charge on any atom is 0.164 e. The highest BCUT2D eigenvalue weighted by Crippen LogP contribution is 2.12. The third kappa shape index (κ3) is 6.86. The second kappa shape index (κ2) is 9.27. The van der Waals surface area contributed by atoms with Gasteiger partial charge in [-0.1, -0.05) is 40.0 Å². The van der Waals surface area contributed by atoms with Crippen LogP contribution in [0, 0.1) is 12.0 Å². The van der Waals surface area contributed by atoms with E-state index >= 15 is 0 Å². The van der Waals surface area contributed by atoms with Crippen molar-refractivity contribution in [1.82, 2.24) is 0 Å². The van der Waals surface area contributed by atoms with Crippen molar-refractivity contribution in [3.8, 4) is 0 Å². The molecule has 0 spiro atoms. The summed E-state index contributed by atoms with van der Waals surface area (Å²) < 4.78 is 5.62. The third-order valence-corrected chi connectivity index (χ3v) is 2.99. The summed E-state index contributed by atoms with van der Waals surface area (Å²) in [5.74, 6) is 0.817. The van der Waals surface area contributed by atoms with Crippen LogP contribution in [0.3, 0.4) is 0 Å². The maximum absolute atomic E-state index is 5.62. The van der Waals surface area contributed by atoms with E-state index in [2.05, 4.69) is 26.8 Å². The number of unbranched alkanes of at least 4 members (excludes halogenated alkanes) is 1. The van der Waals surface area contributed by atoms with Gasteiger partial charge < -0.3 is 4.43 Å². The Morgan fingerprint density at radius 2 is 2.17 bits per heavy atom. The van der Waals surface area contributed by atoms with Crippen molar-refractivity contribution < 1.29 is 4.43 Å². The van der Waals surface area contributed by atoms with Gasteiger partial charge in [-0.2, -0.15) is 0 Å². The summed E-state index contributed by atoms with van der Waals surface area (Å²) in [5.41, 5.74) is 0. The SMILES string of the molecule is C[CH][SiH2]OCC(CC)CCCC. The predicted molar refractivity (Wildman–Crippen MR) is 57.8 cm³/mol. The lowest BCUT2D eigenvalue weighted by molar-refractivity contribution is 0.245. The molecule has 0 amide bonds. The van der Waals surface area contributed by atoms with Gasteiger partial charge in [-0.25, -0.2) is 0 Å². The lowest BCUT2D eigenvalue weighted by Crippen LogP contribution is -2.11. The van der Waals surface area contributed by atoms with Crippen molar-refractivity contribution in [2.75, 3.05) is 6.61 Å². The summed E-state index contributed by atoms with van der Waals surface area (Å²) in [5, 5.41) is 0. The van der Waals surface area contributed by atoms with E-state index in [1.165, 1.54) is 25.7 Å². The first kappa shape index (κ1) is 12.2. The van der Waals surface area contributed by atoms with Crippen molar-refractivity contribution in [2.45, 2.75) is 46.5 Å². The van der Waals surface area contributed by atoms with E-state index in [0.29, 0.717) is 0 Å². The smallest absolute Gasteiger partial charge is 0.164 e. The van der Waals surface area contributed by atoms with Crippen LogP contribution >= 0.6 is 0 Å². The molecule has 12 heavy (non-hydrogen) atoms. The van der Waals surface area contributed by atoms with Crippen molar-refractivity contribution in [1.29, 1.82) is 0 Å². The van der Waals surface area contributed by atoms with Gasteiger partial charge in [0, 0.05) is 6.61 Å². The van der Waals surface area contributed by atoms with Crippen LogP contribution in [-0.2, 0) is 4.43 Å². The molecule has 0 N–H and O–H groups in total.